The van der Waals surface area contributed by atoms with Crippen LogP contribution in [0.2, 0.25) is 0 Å². The molecule has 1 nitrogen and oxygen atoms in total. The van der Waals surface area contributed by atoms with Crippen LogP contribution in [0.3, 0.4) is 0 Å². The van der Waals surface area contributed by atoms with Crippen LogP contribution < -0.4 is 0 Å². The van der Waals surface area contributed by atoms with Gasteiger partial charge in [-0.05, 0) is 30.1 Å². The summed E-state index contributed by atoms with van der Waals surface area (Å²) in [6, 6.07) is 0. The van der Waals surface area contributed by atoms with Gasteiger partial charge in [-0.15, -0.1) is 11.8 Å². The van der Waals surface area contributed by atoms with Crippen LogP contribution in [-0.2, 0) is 4.79 Å². The number of thioether (sulfide) groups is 1. The van der Waals surface area contributed by atoms with Gasteiger partial charge >= 0.3 is 0 Å². The van der Waals surface area contributed by atoms with Crippen molar-refractivity contribution in [2.75, 3.05) is 6.26 Å². The molecule has 0 aliphatic rings. The first-order valence-electron chi connectivity index (χ1n) is 4.02. The second-order valence-corrected chi connectivity index (χ2v) is 3.21. The maximum absolute atomic E-state index is 10.4. The molecule has 64 valence electrons. The van der Waals surface area contributed by atoms with Crippen LogP contribution in [0.25, 0.3) is 0 Å². The van der Waals surface area contributed by atoms with Gasteiger partial charge in [-0.1, -0.05) is 19.8 Å². The van der Waals surface area contributed by atoms with Gasteiger partial charge in [0.2, 0.25) is 0 Å². The van der Waals surface area contributed by atoms with Gasteiger partial charge in [0.15, 0.2) is 0 Å². The number of unbranched alkanes of at least 4 members (excludes halogenated alkanes) is 2. The molecule has 2 heteroatoms. The number of allylic oxidation sites excluding steroid dienone is 1. The summed E-state index contributed by atoms with van der Waals surface area (Å²) in [5, 5.41) is 1.93. The molecule has 0 aliphatic heterocycles. The Balaban J connectivity index is 3.52. The summed E-state index contributed by atoms with van der Waals surface area (Å²) in [5.41, 5.74) is 0.936. The molecule has 0 atom stereocenters. The minimum atomic E-state index is 0.936. The Hall–Kier alpha value is -0.240. The number of carbonyl (C=O) groups is 1. The van der Waals surface area contributed by atoms with Crippen LogP contribution in [0.5, 0.6) is 0 Å². The number of hydrogen-bond donors (Lipinski definition) is 0. The van der Waals surface area contributed by atoms with Crippen molar-refractivity contribution in [2.45, 2.75) is 32.6 Å². The molecular weight excluding hydrogens is 156 g/mol. The first-order chi connectivity index (χ1) is 5.35. The Kier molecular flexibility index (Phi) is 7.69. The molecule has 0 rings (SSSR count). The van der Waals surface area contributed by atoms with Gasteiger partial charge in [-0.25, -0.2) is 0 Å². The first kappa shape index (κ1) is 10.8. The quantitative estimate of drug-likeness (QED) is 0.348. The molecule has 0 saturated carbocycles. The highest BCUT2D eigenvalue weighted by molar-refractivity contribution is 8.01. The highest BCUT2D eigenvalue weighted by atomic mass is 32.2. The second kappa shape index (κ2) is 7.86. The van der Waals surface area contributed by atoms with E-state index in [9.17, 15) is 4.79 Å². The summed E-state index contributed by atoms with van der Waals surface area (Å²) in [4.78, 5) is 10.4. The molecule has 0 N–H and O–H groups in total. The van der Waals surface area contributed by atoms with E-state index < -0.39 is 0 Å². The van der Waals surface area contributed by atoms with E-state index in [4.69, 9.17) is 0 Å². The molecule has 0 saturated heterocycles. The molecule has 0 heterocycles. The van der Waals surface area contributed by atoms with Crippen LogP contribution in [0.15, 0.2) is 11.0 Å². The highest BCUT2D eigenvalue weighted by Crippen LogP contribution is 2.10. The lowest BCUT2D eigenvalue weighted by Crippen LogP contribution is -1.84. The number of aldehydes is 1. The SMILES string of the molecule is CCCCCC(C=O)=CSC. The zero-order valence-electron chi connectivity index (χ0n) is 7.30. The van der Waals surface area contributed by atoms with Gasteiger partial charge in [-0.3, -0.25) is 4.79 Å². The first-order valence-corrected chi connectivity index (χ1v) is 5.31. The van der Waals surface area contributed by atoms with Gasteiger partial charge in [0.05, 0.1) is 0 Å². The van der Waals surface area contributed by atoms with Crippen LogP contribution >= 0.6 is 11.8 Å². The summed E-state index contributed by atoms with van der Waals surface area (Å²) in [7, 11) is 0. The zero-order chi connectivity index (χ0) is 8.53. The maximum Gasteiger partial charge on any atom is 0.146 e. The number of hydrogen-bond acceptors (Lipinski definition) is 2. The van der Waals surface area contributed by atoms with Crippen LogP contribution in [0, 0.1) is 0 Å². The Bertz CT molecular complexity index is 130. The monoisotopic (exact) mass is 172 g/mol. The van der Waals surface area contributed by atoms with Crippen molar-refractivity contribution in [3.63, 3.8) is 0 Å². The van der Waals surface area contributed by atoms with E-state index in [1.165, 1.54) is 12.8 Å². The largest absolute Gasteiger partial charge is 0.298 e. The van der Waals surface area contributed by atoms with E-state index in [0.717, 1.165) is 24.7 Å². The van der Waals surface area contributed by atoms with Gasteiger partial charge in [0.25, 0.3) is 0 Å². The second-order valence-electron chi connectivity index (χ2n) is 2.50. The van der Waals surface area contributed by atoms with Crippen molar-refractivity contribution >= 4 is 18.0 Å². The predicted molar refractivity (Wildman–Crippen MR) is 51.8 cm³/mol. The topological polar surface area (TPSA) is 17.1 Å². The smallest absolute Gasteiger partial charge is 0.146 e. The Morgan fingerprint density at radius 1 is 1.45 bits per heavy atom. The lowest BCUT2D eigenvalue weighted by atomic mass is 10.1. The van der Waals surface area contributed by atoms with Gasteiger partial charge in [-0.2, -0.15) is 0 Å². The van der Waals surface area contributed by atoms with Gasteiger partial charge in [0, 0.05) is 0 Å². The van der Waals surface area contributed by atoms with Gasteiger partial charge < -0.3 is 0 Å². The van der Waals surface area contributed by atoms with Crippen LogP contribution in [0.4, 0.5) is 0 Å². The van der Waals surface area contributed by atoms with E-state index in [2.05, 4.69) is 6.92 Å². The molecule has 0 radical (unpaired) electrons. The van der Waals surface area contributed by atoms with Crippen LogP contribution in [-0.4, -0.2) is 12.5 Å². The van der Waals surface area contributed by atoms with Crippen molar-refractivity contribution in [3.8, 4) is 0 Å². The third kappa shape index (κ3) is 6.17. The minimum absolute atomic E-state index is 0.936. The average molecular weight is 172 g/mol. The molecule has 0 aliphatic carbocycles. The van der Waals surface area contributed by atoms with E-state index in [0.29, 0.717) is 0 Å². The standard InChI is InChI=1S/C9H16OS/c1-3-4-5-6-9(7-10)8-11-2/h7-8H,3-6H2,1-2H3. The van der Waals surface area contributed by atoms with E-state index in [1.54, 1.807) is 11.8 Å². The third-order valence-electron chi connectivity index (χ3n) is 1.49. The molecule has 11 heavy (non-hydrogen) atoms. The summed E-state index contributed by atoms with van der Waals surface area (Å²) in [6.45, 7) is 2.17. The number of carbonyl (C=O) groups excluding carboxylic acids is 1. The summed E-state index contributed by atoms with van der Waals surface area (Å²) < 4.78 is 0. The fraction of sp³-hybridized carbons (Fsp3) is 0.667. The zero-order valence-corrected chi connectivity index (χ0v) is 8.12. The Labute approximate surface area is 73.3 Å². The van der Waals surface area contributed by atoms with Crippen molar-refractivity contribution < 1.29 is 4.79 Å². The van der Waals surface area contributed by atoms with Crippen molar-refractivity contribution in [3.05, 3.63) is 11.0 Å². The number of rotatable bonds is 6. The molecule has 0 spiro atoms. The van der Waals surface area contributed by atoms with Crippen molar-refractivity contribution in [1.29, 1.82) is 0 Å². The van der Waals surface area contributed by atoms with E-state index in [-0.39, 0.29) is 0 Å². The summed E-state index contributed by atoms with van der Waals surface area (Å²) in [6.07, 6.45) is 7.46. The molecule has 0 unspecified atom stereocenters. The molecular formula is C9H16OS. The molecule has 0 aromatic rings. The Morgan fingerprint density at radius 3 is 2.64 bits per heavy atom. The predicted octanol–water partition coefficient (Wildman–Crippen LogP) is 3.01. The average Bonchev–Trinajstić information content (AvgIpc) is 2.03. The molecule has 0 fully saturated rings. The lowest BCUT2D eigenvalue weighted by Gasteiger charge is -1.96. The highest BCUT2D eigenvalue weighted by Gasteiger charge is 1.93. The van der Waals surface area contributed by atoms with E-state index >= 15 is 0 Å². The molecule has 0 aromatic heterocycles. The lowest BCUT2D eigenvalue weighted by molar-refractivity contribution is -0.105. The van der Waals surface area contributed by atoms with Gasteiger partial charge in [0.1, 0.15) is 6.29 Å². The summed E-state index contributed by atoms with van der Waals surface area (Å²) >= 11 is 1.60. The summed E-state index contributed by atoms with van der Waals surface area (Å²) in [5.74, 6) is 0. The molecule has 0 aromatic carbocycles. The normalized spacial score (nSPS) is 11.6. The molecule has 0 amide bonds. The fourth-order valence-corrected chi connectivity index (χ4v) is 1.35. The van der Waals surface area contributed by atoms with Crippen molar-refractivity contribution in [1.82, 2.24) is 0 Å². The Morgan fingerprint density at radius 2 is 2.18 bits per heavy atom. The van der Waals surface area contributed by atoms with Crippen molar-refractivity contribution in [2.24, 2.45) is 0 Å². The molecule has 0 bridgehead atoms. The minimum Gasteiger partial charge on any atom is -0.298 e. The fourth-order valence-electron chi connectivity index (χ4n) is 0.876. The third-order valence-corrected chi connectivity index (χ3v) is 2.03. The van der Waals surface area contributed by atoms with E-state index in [1.807, 2.05) is 11.7 Å². The maximum atomic E-state index is 10.4. The van der Waals surface area contributed by atoms with Crippen LogP contribution in [0.1, 0.15) is 32.6 Å².